The van der Waals surface area contributed by atoms with Crippen molar-refractivity contribution in [2.45, 2.75) is 18.9 Å². The number of ether oxygens (including phenoxy) is 5. The van der Waals surface area contributed by atoms with Gasteiger partial charge in [-0.3, -0.25) is 4.79 Å². The zero-order valence-electron chi connectivity index (χ0n) is 15.3. The van der Waals surface area contributed by atoms with Gasteiger partial charge < -0.3 is 23.7 Å². The molecule has 0 aromatic heterocycles. The Bertz CT molecular complexity index is 801. The van der Waals surface area contributed by atoms with Crippen LogP contribution in [0.3, 0.4) is 0 Å². The van der Waals surface area contributed by atoms with E-state index < -0.39 is 0 Å². The van der Waals surface area contributed by atoms with Crippen LogP contribution in [0.25, 0.3) is 0 Å². The SMILES string of the molecule is COCOc1cc2c(cc1C=O)[C@H](C)[C@@H](c1ccc(OC)c(OC)c1)O2. The average molecular weight is 358 g/mol. The minimum Gasteiger partial charge on any atom is -0.493 e. The number of carbonyl (C=O) groups excluding carboxylic acids is 1. The molecule has 0 saturated heterocycles. The van der Waals surface area contributed by atoms with Gasteiger partial charge >= 0.3 is 0 Å². The normalized spacial score (nSPS) is 18.0. The summed E-state index contributed by atoms with van der Waals surface area (Å²) < 4.78 is 27.2. The van der Waals surface area contributed by atoms with Crippen molar-refractivity contribution >= 4 is 6.29 Å². The molecule has 6 nitrogen and oxygen atoms in total. The molecule has 0 N–H and O–H groups in total. The van der Waals surface area contributed by atoms with Crippen LogP contribution < -0.4 is 18.9 Å². The summed E-state index contributed by atoms with van der Waals surface area (Å²) in [6.07, 6.45) is 0.587. The zero-order chi connectivity index (χ0) is 18.7. The number of aldehydes is 1. The quantitative estimate of drug-likeness (QED) is 0.555. The first-order valence-electron chi connectivity index (χ1n) is 8.26. The van der Waals surface area contributed by atoms with E-state index in [2.05, 4.69) is 6.92 Å². The molecule has 2 atom stereocenters. The molecule has 2 aromatic rings. The molecule has 1 aliphatic rings. The molecule has 6 heteroatoms. The second kappa shape index (κ2) is 7.66. The van der Waals surface area contributed by atoms with Crippen molar-refractivity contribution in [1.82, 2.24) is 0 Å². The van der Waals surface area contributed by atoms with Crippen molar-refractivity contribution in [3.63, 3.8) is 0 Å². The van der Waals surface area contributed by atoms with Gasteiger partial charge in [0, 0.05) is 24.7 Å². The lowest BCUT2D eigenvalue weighted by Gasteiger charge is -2.17. The largest absolute Gasteiger partial charge is 0.493 e. The molecular weight excluding hydrogens is 336 g/mol. The van der Waals surface area contributed by atoms with Gasteiger partial charge in [0.25, 0.3) is 0 Å². The molecule has 0 unspecified atom stereocenters. The summed E-state index contributed by atoms with van der Waals surface area (Å²) in [7, 11) is 4.73. The summed E-state index contributed by atoms with van der Waals surface area (Å²) in [6.45, 7) is 2.13. The third-order valence-corrected chi connectivity index (χ3v) is 4.54. The Morgan fingerprint density at radius 2 is 1.81 bits per heavy atom. The maximum Gasteiger partial charge on any atom is 0.188 e. The summed E-state index contributed by atoms with van der Waals surface area (Å²) in [5.41, 5.74) is 2.42. The fraction of sp³-hybridized carbons (Fsp3) is 0.350. The van der Waals surface area contributed by atoms with Crippen molar-refractivity contribution in [1.29, 1.82) is 0 Å². The first-order chi connectivity index (χ1) is 12.6. The highest BCUT2D eigenvalue weighted by Gasteiger charge is 2.34. The Balaban J connectivity index is 1.94. The van der Waals surface area contributed by atoms with Crippen LogP contribution in [0, 0.1) is 0 Å². The lowest BCUT2D eigenvalue weighted by molar-refractivity contribution is 0.0503. The summed E-state index contributed by atoms with van der Waals surface area (Å²) in [6, 6.07) is 9.29. The van der Waals surface area contributed by atoms with Crippen LogP contribution in [0.1, 0.15) is 40.4 Å². The molecule has 3 rings (SSSR count). The highest BCUT2D eigenvalue weighted by Crippen LogP contribution is 2.48. The van der Waals surface area contributed by atoms with Gasteiger partial charge in [-0.1, -0.05) is 13.0 Å². The molecule has 0 saturated carbocycles. The molecule has 2 aromatic carbocycles. The van der Waals surface area contributed by atoms with Crippen molar-refractivity contribution in [3.05, 3.63) is 47.0 Å². The molecule has 26 heavy (non-hydrogen) atoms. The van der Waals surface area contributed by atoms with E-state index in [1.165, 1.54) is 7.11 Å². The molecule has 0 radical (unpaired) electrons. The van der Waals surface area contributed by atoms with E-state index in [9.17, 15) is 4.79 Å². The minimum atomic E-state index is -0.193. The van der Waals surface area contributed by atoms with Gasteiger partial charge in [-0.15, -0.1) is 0 Å². The van der Waals surface area contributed by atoms with Crippen molar-refractivity contribution in [2.75, 3.05) is 28.1 Å². The number of hydrogen-bond donors (Lipinski definition) is 0. The van der Waals surface area contributed by atoms with Crippen molar-refractivity contribution in [2.24, 2.45) is 0 Å². The van der Waals surface area contributed by atoms with E-state index in [4.69, 9.17) is 23.7 Å². The molecular formula is C20H22O6. The van der Waals surface area contributed by atoms with Gasteiger partial charge in [0.15, 0.2) is 24.6 Å². The van der Waals surface area contributed by atoms with Crippen LogP contribution in [0.4, 0.5) is 0 Å². The number of benzene rings is 2. The smallest absolute Gasteiger partial charge is 0.188 e. The number of rotatable bonds is 7. The summed E-state index contributed by atoms with van der Waals surface area (Å²) >= 11 is 0. The van der Waals surface area contributed by atoms with E-state index in [0.717, 1.165) is 17.4 Å². The van der Waals surface area contributed by atoms with Gasteiger partial charge in [-0.05, 0) is 23.8 Å². The molecule has 0 spiro atoms. The Labute approximate surface area is 152 Å². The monoisotopic (exact) mass is 358 g/mol. The van der Waals surface area contributed by atoms with E-state index in [1.807, 2.05) is 24.3 Å². The van der Waals surface area contributed by atoms with Crippen molar-refractivity contribution in [3.8, 4) is 23.0 Å². The molecule has 138 valence electrons. The second-order valence-electron chi connectivity index (χ2n) is 6.04. The number of methoxy groups -OCH3 is 3. The Hall–Kier alpha value is -2.73. The fourth-order valence-electron chi connectivity index (χ4n) is 3.18. The molecule has 1 aliphatic heterocycles. The second-order valence-corrected chi connectivity index (χ2v) is 6.04. The topological polar surface area (TPSA) is 63.2 Å². The predicted molar refractivity (Wildman–Crippen MR) is 95.7 cm³/mol. The van der Waals surface area contributed by atoms with Crippen LogP contribution in [-0.2, 0) is 4.74 Å². The maximum absolute atomic E-state index is 11.4. The lowest BCUT2D eigenvalue weighted by atomic mass is 9.91. The molecule has 0 fully saturated rings. The van der Waals surface area contributed by atoms with Crippen LogP contribution in [0.15, 0.2) is 30.3 Å². The first-order valence-corrected chi connectivity index (χ1v) is 8.26. The third-order valence-electron chi connectivity index (χ3n) is 4.54. The Morgan fingerprint density at radius 3 is 2.46 bits per heavy atom. The summed E-state index contributed by atoms with van der Waals surface area (Å²) in [5.74, 6) is 2.53. The standard InChI is InChI=1S/C20H22O6/c1-12-15-7-14(10-21)17(25-11-22-2)9-18(15)26-20(12)13-5-6-16(23-3)19(8-13)24-4/h5-10,12,20H,11H2,1-4H3/t12-,20-/m0/s1. The van der Waals surface area contributed by atoms with E-state index >= 15 is 0 Å². The Morgan fingerprint density at radius 1 is 1.04 bits per heavy atom. The van der Waals surface area contributed by atoms with Gasteiger partial charge in [0.2, 0.25) is 0 Å². The van der Waals surface area contributed by atoms with E-state index in [-0.39, 0.29) is 18.8 Å². The van der Waals surface area contributed by atoms with E-state index in [0.29, 0.717) is 28.6 Å². The molecule has 0 aliphatic carbocycles. The zero-order valence-corrected chi connectivity index (χ0v) is 15.3. The number of hydrogen-bond acceptors (Lipinski definition) is 6. The number of fused-ring (bicyclic) bond motifs is 1. The summed E-state index contributed by atoms with van der Waals surface area (Å²) in [5, 5.41) is 0. The Kier molecular flexibility index (Phi) is 5.32. The first kappa shape index (κ1) is 18.1. The van der Waals surface area contributed by atoms with E-state index in [1.54, 1.807) is 20.3 Å². The van der Waals surface area contributed by atoms with Crippen LogP contribution in [0.5, 0.6) is 23.0 Å². The van der Waals surface area contributed by atoms with Crippen LogP contribution in [-0.4, -0.2) is 34.4 Å². The van der Waals surface area contributed by atoms with Gasteiger partial charge in [0.05, 0.1) is 19.8 Å². The average Bonchev–Trinajstić information content (AvgIpc) is 3.00. The minimum absolute atomic E-state index is 0.0638. The third kappa shape index (κ3) is 3.20. The maximum atomic E-state index is 11.4. The van der Waals surface area contributed by atoms with Gasteiger partial charge in [0.1, 0.15) is 17.6 Å². The van der Waals surface area contributed by atoms with Crippen molar-refractivity contribution < 1.29 is 28.5 Å². The highest BCUT2D eigenvalue weighted by molar-refractivity contribution is 5.81. The molecule has 0 bridgehead atoms. The lowest BCUT2D eigenvalue weighted by Crippen LogP contribution is -2.07. The van der Waals surface area contributed by atoms with Gasteiger partial charge in [-0.2, -0.15) is 0 Å². The van der Waals surface area contributed by atoms with Crippen LogP contribution in [0.2, 0.25) is 0 Å². The number of carbonyl (C=O) groups is 1. The van der Waals surface area contributed by atoms with Crippen LogP contribution >= 0.6 is 0 Å². The highest BCUT2D eigenvalue weighted by atomic mass is 16.7. The molecule has 0 amide bonds. The molecule has 1 heterocycles. The predicted octanol–water partition coefficient (Wildman–Crippen LogP) is 3.74. The van der Waals surface area contributed by atoms with Gasteiger partial charge in [-0.25, -0.2) is 0 Å². The summed E-state index contributed by atoms with van der Waals surface area (Å²) in [4.78, 5) is 11.4. The fourth-order valence-corrected chi connectivity index (χ4v) is 3.18.